The molecule has 2 aliphatic heterocycles. The van der Waals surface area contributed by atoms with E-state index in [1.807, 2.05) is 19.9 Å². The zero-order valence-corrected chi connectivity index (χ0v) is 12.4. The van der Waals surface area contributed by atoms with E-state index in [0.29, 0.717) is 5.69 Å². The number of hydrogen-bond donors (Lipinski definition) is 1. The van der Waals surface area contributed by atoms with Crippen LogP contribution in [0, 0.1) is 19.8 Å². The molecule has 0 aromatic heterocycles. The summed E-state index contributed by atoms with van der Waals surface area (Å²) in [6.45, 7) is 3.78. The minimum atomic E-state index is -0.930. The summed E-state index contributed by atoms with van der Waals surface area (Å²) in [5.74, 6) is -2.51. The van der Waals surface area contributed by atoms with Crippen molar-refractivity contribution >= 4 is 29.2 Å². The van der Waals surface area contributed by atoms with Gasteiger partial charge >= 0.3 is 5.97 Å². The van der Waals surface area contributed by atoms with Gasteiger partial charge in [0.25, 0.3) is 5.91 Å². The van der Waals surface area contributed by atoms with E-state index >= 15 is 0 Å². The minimum Gasteiger partial charge on any atom is -0.464 e. The Hall–Kier alpha value is -2.70. The topological polar surface area (TPSA) is 88.1 Å². The monoisotopic (exact) mass is 301 g/mol. The number of amides is 2. The second-order valence-corrected chi connectivity index (χ2v) is 5.43. The number of benzene rings is 1. The van der Waals surface area contributed by atoms with E-state index in [9.17, 15) is 14.4 Å². The van der Waals surface area contributed by atoms with Gasteiger partial charge in [-0.15, -0.1) is 0 Å². The molecule has 2 heterocycles. The molecule has 0 saturated carbocycles. The van der Waals surface area contributed by atoms with Gasteiger partial charge in [-0.3, -0.25) is 15.0 Å². The smallest absolute Gasteiger partial charge is 0.355 e. The van der Waals surface area contributed by atoms with Gasteiger partial charge in [0.2, 0.25) is 5.91 Å². The van der Waals surface area contributed by atoms with Crippen LogP contribution in [0.3, 0.4) is 0 Å². The Balaban J connectivity index is 2.00. The molecule has 7 heteroatoms. The van der Waals surface area contributed by atoms with E-state index in [4.69, 9.17) is 0 Å². The molecule has 0 unspecified atom stereocenters. The summed E-state index contributed by atoms with van der Waals surface area (Å²) >= 11 is 0. The van der Waals surface area contributed by atoms with E-state index in [-0.39, 0.29) is 5.71 Å². The van der Waals surface area contributed by atoms with Gasteiger partial charge in [0, 0.05) is 0 Å². The number of imide groups is 1. The molecular weight excluding hydrogens is 286 g/mol. The number of ether oxygens (including phenoxy) is 1. The third-order valence-corrected chi connectivity index (χ3v) is 3.78. The molecule has 1 N–H and O–H groups in total. The van der Waals surface area contributed by atoms with Gasteiger partial charge < -0.3 is 4.74 Å². The third kappa shape index (κ3) is 1.97. The average molecular weight is 301 g/mol. The van der Waals surface area contributed by atoms with Gasteiger partial charge in [0.05, 0.1) is 12.8 Å². The van der Waals surface area contributed by atoms with Crippen LogP contribution in [0.15, 0.2) is 23.3 Å². The van der Waals surface area contributed by atoms with Gasteiger partial charge in [0.15, 0.2) is 5.71 Å². The first kappa shape index (κ1) is 14.2. The zero-order chi connectivity index (χ0) is 16.0. The maximum atomic E-state index is 12.6. The molecule has 1 aromatic carbocycles. The van der Waals surface area contributed by atoms with Crippen molar-refractivity contribution in [2.75, 3.05) is 12.0 Å². The van der Waals surface area contributed by atoms with Crippen LogP contribution in [0.5, 0.6) is 0 Å². The van der Waals surface area contributed by atoms with Crippen LogP contribution in [0.1, 0.15) is 11.1 Å². The highest BCUT2D eigenvalue weighted by Crippen LogP contribution is 2.31. The maximum absolute atomic E-state index is 12.6. The molecule has 7 nitrogen and oxygen atoms in total. The van der Waals surface area contributed by atoms with Crippen molar-refractivity contribution in [2.45, 2.75) is 19.9 Å². The highest BCUT2D eigenvalue weighted by molar-refractivity contribution is 6.46. The van der Waals surface area contributed by atoms with E-state index in [0.717, 1.165) is 16.0 Å². The van der Waals surface area contributed by atoms with Gasteiger partial charge in [-0.25, -0.2) is 9.69 Å². The lowest BCUT2D eigenvalue weighted by atomic mass is 9.99. The zero-order valence-electron chi connectivity index (χ0n) is 12.4. The predicted octanol–water partition coefficient (Wildman–Crippen LogP) is 0.294. The number of aryl methyl sites for hydroxylation is 2. The third-order valence-electron chi connectivity index (χ3n) is 3.78. The van der Waals surface area contributed by atoms with Crippen LogP contribution in [0.2, 0.25) is 0 Å². The first-order valence-electron chi connectivity index (χ1n) is 6.81. The van der Waals surface area contributed by atoms with E-state index in [1.54, 1.807) is 12.1 Å². The van der Waals surface area contributed by atoms with Crippen LogP contribution >= 0.6 is 0 Å². The quantitative estimate of drug-likeness (QED) is 0.627. The summed E-state index contributed by atoms with van der Waals surface area (Å²) in [5.41, 5.74) is 4.91. The molecule has 1 fully saturated rings. The minimum absolute atomic E-state index is 0.0577. The maximum Gasteiger partial charge on any atom is 0.355 e. The summed E-state index contributed by atoms with van der Waals surface area (Å²) in [7, 11) is 1.21. The second-order valence-electron chi connectivity index (χ2n) is 5.43. The number of fused-ring (bicyclic) bond motifs is 1. The number of carbonyl (C=O) groups excluding carboxylic acids is 3. The number of anilines is 1. The van der Waals surface area contributed by atoms with Crippen molar-refractivity contribution in [3.8, 4) is 0 Å². The van der Waals surface area contributed by atoms with E-state index in [1.165, 1.54) is 7.11 Å². The molecule has 3 rings (SSSR count). The largest absolute Gasteiger partial charge is 0.464 e. The van der Waals surface area contributed by atoms with Crippen molar-refractivity contribution in [3.05, 3.63) is 29.3 Å². The second kappa shape index (κ2) is 4.94. The van der Waals surface area contributed by atoms with Crippen LogP contribution < -0.4 is 10.3 Å². The summed E-state index contributed by atoms with van der Waals surface area (Å²) in [4.78, 5) is 37.9. The highest BCUT2D eigenvalue weighted by Gasteiger charge is 2.55. The Labute approximate surface area is 126 Å². The van der Waals surface area contributed by atoms with E-state index < -0.39 is 29.7 Å². The number of carbonyl (C=O) groups is 3. The van der Waals surface area contributed by atoms with Gasteiger partial charge in [-0.05, 0) is 37.1 Å². The Bertz CT molecular complexity index is 705. The Morgan fingerprint density at radius 3 is 2.41 bits per heavy atom. The lowest BCUT2D eigenvalue weighted by Gasteiger charge is -2.17. The van der Waals surface area contributed by atoms with Gasteiger partial charge in [-0.2, -0.15) is 5.10 Å². The first-order valence-corrected chi connectivity index (χ1v) is 6.81. The number of rotatable bonds is 2. The molecule has 1 aromatic rings. The average Bonchev–Trinajstić information content (AvgIpc) is 2.98. The predicted molar refractivity (Wildman–Crippen MR) is 78.3 cm³/mol. The van der Waals surface area contributed by atoms with Crippen molar-refractivity contribution in [1.29, 1.82) is 0 Å². The number of hydrogen-bond acceptors (Lipinski definition) is 6. The fraction of sp³-hybridized carbons (Fsp3) is 0.333. The SMILES string of the molecule is COC(=O)C1=NN[C@@H]2C(=O)N(c3cc(C)cc(C)c3)C(=O)[C@@H]12. The van der Waals surface area contributed by atoms with Crippen molar-refractivity contribution in [1.82, 2.24) is 5.43 Å². The Morgan fingerprint density at radius 1 is 1.18 bits per heavy atom. The lowest BCUT2D eigenvalue weighted by molar-refractivity contribution is -0.133. The van der Waals surface area contributed by atoms with Gasteiger partial charge in [0.1, 0.15) is 12.0 Å². The number of esters is 1. The molecule has 22 heavy (non-hydrogen) atoms. The summed E-state index contributed by atoms with van der Waals surface area (Å²) in [6.07, 6.45) is 0. The molecule has 0 aliphatic carbocycles. The molecule has 2 amide bonds. The number of nitrogens with one attached hydrogen (secondary N) is 1. The Kier molecular flexibility index (Phi) is 3.20. The number of nitrogens with zero attached hydrogens (tertiary/aromatic N) is 2. The fourth-order valence-electron chi connectivity index (χ4n) is 2.90. The molecule has 2 atom stereocenters. The molecule has 0 radical (unpaired) electrons. The van der Waals surface area contributed by atoms with Gasteiger partial charge in [-0.1, -0.05) is 6.07 Å². The van der Waals surface area contributed by atoms with Crippen LogP contribution in [-0.4, -0.2) is 36.6 Å². The standard InChI is InChI=1S/C15H15N3O4/c1-7-4-8(2)6-9(5-7)18-13(19)10-11(14(18)20)16-17-12(10)15(21)22-3/h4-6,10-11,16H,1-3H3/t10-,11+/m1/s1. The Morgan fingerprint density at radius 2 is 1.82 bits per heavy atom. The first-order chi connectivity index (χ1) is 10.4. The highest BCUT2D eigenvalue weighted by atomic mass is 16.5. The molecule has 0 bridgehead atoms. The summed E-state index contributed by atoms with van der Waals surface area (Å²) in [6, 6.07) is 4.63. The van der Waals surface area contributed by atoms with E-state index in [2.05, 4.69) is 15.3 Å². The molecule has 1 saturated heterocycles. The lowest BCUT2D eigenvalue weighted by Crippen LogP contribution is -2.36. The van der Waals surface area contributed by atoms with Crippen LogP contribution in [-0.2, 0) is 19.1 Å². The van der Waals surface area contributed by atoms with Crippen LogP contribution in [0.4, 0.5) is 5.69 Å². The fourth-order valence-corrected chi connectivity index (χ4v) is 2.90. The molecule has 0 spiro atoms. The normalized spacial score (nSPS) is 23.2. The van der Waals surface area contributed by atoms with Crippen molar-refractivity contribution in [2.24, 2.45) is 11.0 Å². The molecule has 114 valence electrons. The van der Waals surface area contributed by atoms with Crippen LogP contribution in [0.25, 0.3) is 0 Å². The summed E-state index contributed by atoms with van der Waals surface area (Å²) in [5, 5.41) is 3.78. The number of methoxy groups -OCH3 is 1. The summed E-state index contributed by atoms with van der Waals surface area (Å²) < 4.78 is 4.61. The van der Waals surface area contributed by atoms with Crippen molar-refractivity contribution < 1.29 is 19.1 Å². The molecule has 2 aliphatic rings. The molecular formula is C15H15N3O4. The number of hydrazone groups is 1. The van der Waals surface area contributed by atoms with Crippen molar-refractivity contribution in [3.63, 3.8) is 0 Å².